The van der Waals surface area contributed by atoms with Crippen molar-refractivity contribution in [3.8, 4) is 11.5 Å². The minimum absolute atomic E-state index is 0. The fourth-order valence-corrected chi connectivity index (χ4v) is 1.81. The molecule has 0 aliphatic rings. The van der Waals surface area contributed by atoms with Crippen molar-refractivity contribution in [2.45, 2.75) is 12.1 Å². The summed E-state index contributed by atoms with van der Waals surface area (Å²) in [6.07, 6.45) is 0. The Kier molecular flexibility index (Phi) is 7.82. The topological polar surface area (TPSA) is 92.5 Å². The van der Waals surface area contributed by atoms with Gasteiger partial charge in [0, 0.05) is 12.1 Å². The molecular formula is C14H18Br2N2O2. The van der Waals surface area contributed by atoms with Crippen LogP contribution >= 0.6 is 34.0 Å². The normalized spacial score (nSPS) is 12.7. The van der Waals surface area contributed by atoms with Gasteiger partial charge in [0.1, 0.15) is 11.5 Å². The zero-order valence-electron chi connectivity index (χ0n) is 10.6. The fraction of sp³-hybridized carbons (Fsp3) is 0.143. The van der Waals surface area contributed by atoms with Gasteiger partial charge in [0.05, 0.1) is 0 Å². The Bertz CT molecular complexity index is 468. The molecule has 6 N–H and O–H groups in total. The average molecular weight is 406 g/mol. The number of aromatic hydroxyl groups is 2. The number of benzene rings is 2. The predicted octanol–water partition coefficient (Wildman–Crippen LogP) is 2.95. The molecule has 0 radical (unpaired) electrons. The molecule has 2 unspecified atom stereocenters. The summed E-state index contributed by atoms with van der Waals surface area (Å²) in [5.74, 6) is 0.397. The molecule has 0 fully saturated rings. The molecule has 6 heteroatoms. The monoisotopic (exact) mass is 404 g/mol. The second kappa shape index (κ2) is 8.26. The Hall–Kier alpha value is -1.08. The third kappa shape index (κ3) is 4.49. The molecule has 0 spiro atoms. The van der Waals surface area contributed by atoms with Crippen LogP contribution in [0.15, 0.2) is 48.5 Å². The number of halogens is 2. The molecule has 0 amide bonds. The number of rotatable bonds is 3. The van der Waals surface area contributed by atoms with E-state index in [2.05, 4.69) is 0 Å². The third-order valence-corrected chi connectivity index (χ3v) is 2.94. The Morgan fingerprint density at radius 1 is 0.600 bits per heavy atom. The van der Waals surface area contributed by atoms with Gasteiger partial charge in [-0.05, 0) is 35.4 Å². The molecule has 2 aromatic carbocycles. The van der Waals surface area contributed by atoms with Crippen molar-refractivity contribution >= 4 is 34.0 Å². The summed E-state index contributed by atoms with van der Waals surface area (Å²) in [7, 11) is 0. The lowest BCUT2D eigenvalue weighted by Crippen LogP contribution is -2.26. The number of phenolic OH excluding ortho intramolecular Hbond substituents is 2. The van der Waals surface area contributed by atoms with Gasteiger partial charge in [-0.2, -0.15) is 0 Å². The van der Waals surface area contributed by atoms with Crippen molar-refractivity contribution in [1.82, 2.24) is 0 Å². The van der Waals surface area contributed by atoms with Crippen LogP contribution in [0.4, 0.5) is 0 Å². The summed E-state index contributed by atoms with van der Waals surface area (Å²) in [5.41, 5.74) is 13.9. The highest BCUT2D eigenvalue weighted by molar-refractivity contribution is 8.93. The maximum Gasteiger partial charge on any atom is 0.115 e. The Morgan fingerprint density at radius 2 is 0.850 bits per heavy atom. The highest BCUT2D eigenvalue weighted by Crippen LogP contribution is 2.26. The van der Waals surface area contributed by atoms with E-state index >= 15 is 0 Å². The van der Waals surface area contributed by atoms with Crippen LogP contribution < -0.4 is 11.5 Å². The van der Waals surface area contributed by atoms with Gasteiger partial charge in [0.2, 0.25) is 0 Å². The van der Waals surface area contributed by atoms with Gasteiger partial charge >= 0.3 is 0 Å². The predicted molar refractivity (Wildman–Crippen MR) is 90.7 cm³/mol. The van der Waals surface area contributed by atoms with E-state index in [1.165, 1.54) is 0 Å². The SMILES string of the molecule is Br.Br.NC(c1ccc(O)cc1)C(N)c1ccc(O)cc1. The van der Waals surface area contributed by atoms with Crippen LogP contribution in [-0.2, 0) is 0 Å². The summed E-state index contributed by atoms with van der Waals surface area (Å²) < 4.78 is 0. The standard InChI is InChI=1S/C14H16N2O2.2BrH/c15-13(9-1-5-11(17)6-2-9)14(16)10-3-7-12(18)8-4-10;;/h1-8,13-14,17-18H,15-16H2;2*1H. The Balaban J connectivity index is 0.00000180. The Labute approximate surface area is 139 Å². The van der Waals surface area contributed by atoms with Crippen molar-refractivity contribution in [1.29, 1.82) is 0 Å². The highest BCUT2D eigenvalue weighted by Gasteiger charge is 2.17. The molecule has 20 heavy (non-hydrogen) atoms. The zero-order valence-corrected chi connectivity index (χ0v) is 14.1. The van der Waals surface area contributed by atoms with E-state index in [9.17, 15) is 10.2 Å². The summed E-state index contributed by atoms with van der Waals surface area (Å²) in [6.45, 7) is 0. The largest absolute Gasteiger partial charge is 0.508 e. The maximum atomic E-state index is 9.22. The number of hydrogen-bond donors (Lipinski definition) is 4. The first-order chi connectivity index (χ1) is 8.58. The van der Waals surface area contributed by atoms with Gasteiger partial charge in [-0.15, -0.1) is 34.0 Å². The van der Waals surface area contributed by atoms with Crippen LogP contribution in [0.2, 0.25) is 0 Å². The molecule has 0 bridgehead atoms. The molecule has 2 aromatic rings. The summed E-state index contributed by atoms with van der Waals surface area (Å²) in [4.78, 5) is 0. The maximum absolute atomic E-state index is 9.22. The van der Waals surface area contributed by atoms with Gasteiger partial charge in [0.25, 0.3) is 0 Å². The van der Waals surface area contributed by atoms with Crippen molar-refractivity contribution < 1.29 is 10.2 Å². The van der Waals surface area contributed by atoms with E-state index in [1.807, 2.05) is 0 Å². The van der Waals surface area contributed by atoms with E-state index in [1.54, 1.807) is 48.5 Å². The van der Waals surface area contributed by atoms with Crippen LogP contribution in [0.3, 0.4) is 0 Å². The zero-order chi connectivity index (χ0) is 13.1. The molecule has 110 valence electrons. The highest BCUT2D eigenvalue weighted by atomic mass is 79.9. The van der Waals surface area contributed by atoms with Gasteiger partial charge in [0.15, 0.2) is 0 Å². The molecule has 0 saturated carbocycles. The lowest BCUT2D eigenvalue weighted by atomic mass is 9.95. The molecule has 0 aromatic heterocycles. The number of nitrogens with two attached hydrogens (primary N) is 2. The van der Waals surface area contributed by atoms with Crippen LogP contribution in [0.5, 0.6) is 11.5 Å². The van der Waals surface area contributed by atoms with Crippen LogP contribution in [-0.4, -0.2) is 10.2 Å². The van der Waals surface area contributed by atoms with Crippen LogP contribution in [0.1, 0.15) is 23.2 Å². The van der Waals surface area contributed by atoms with Crippen molar-refractivity contribution in [3.05, 3.63) is 59.7 Å². The van der Waals surface area contributed by atoms with Crippen LogP contribution in [0.25, 0.3) is 0 Å². The second-order valence-electron chi connectivity index (χ2n) is 4.23. The molecule has 0 aliphatic heterocycles. The number of phenols is 2. The Morgan fingerprint density at radius 3 is 1.10 bits per heavy atom. The third-order valence-electron chi connectivity index (χ3n) is 2.94. The van der Waals surface area contributed by atoms with Gasteiger partial charge in [-0.25, -0.2) is 0 Å². The van der Waals surface area contributed by atoms with E-state index < -0.39 is 0 Å². The van der Waals surface area contributed by atoms with Crippen molar-refractivity contribution in [3.63, 3.8) is 0 Å². The molecule has 0 aliphatic carbocycles. The average Bonchev–Trinajstić information content (AvgIpc) is 2.39. The minimum Gasteiger partial charge on any atom is -0.508 e. The van der Waals surface area contributed by atoms with E-state index in [0.29, 0.717) is 0 Å². The summed E-state index contributed by atoms with van der Waals surface area (Å²) in [5, 5.41) is 18.4. The first kappa shape index (κ1) is 18.9. The minimum atomic E-state index is -0.366. The number of hydrogen-bond acceptors (Lipinski definition) is 4. The van der Waals surface area contributed by atoms with Gasteiger partial charge in [-0.1, -0.05) is 24.3 Å². The van der Waals surface area contributed by atoms with E-state index in [4.69, 9.17) is 11.5 Å². The van der Waals surface area contributed by atoms with Crippen molar-refractivity contribution in [2.75, 3.05) is 0 Å². The van der Waals surface area contributed by atoms with E-state index in [0.717, 1.165) is 11.1 Å². The van der Waals surface area contributed by atoms with Gasteiger partial charge in [-0.3, -0.25) is 0 Å². The molecule has 4 nitrogen and oxygen atoms in total. The van der Waals surface area contributed by atoms with E-state index in [-0.39, 0.29) is 57.5 Å². The van der Waals surface area contributed by atoms with Crippen molar-refractivity contribution in [2.24, 2.45) is 11.5 Å². The summed E-state index contributed by atoms with van der Waals surface area (Å²) >= 11 is 0. The molecule has 0 heterocycles. The first-order valence-corrected chi connectivity index (χ1v) is 5.67. The lowest BCUT2D eigenvalue weighted by Gasteiger charge is -2.20. The molecule has 0 saturated heterocycles. The smallest absolute Gasteiger partial charge is 0.115 e. The lowest BCUT2D eigenvalue weighted by molar-refractivity contribution is 0.472. The fourth-order valence-electron chi connectivity index (χ4n) is 1.81. The summed E-state index contributed by atoms with van der Waals surface area (Å²) in [6, 6.07) is 12.6. The molecule has 2 rings (SSSR count). The second-order valence-corrected chi connectivity index (χ2v) is 4.23. The molecular weight excluding hydrogens is 388 g/mol. The quantitative estimate of drug-likeness (QED) is 0.631. The first-order valence-electron chi connectivity index (χ1n) is 5.67. The van der Waals surface area contributed by atoms with Crippen LogP contribution in [0, 0.1) is 0 Å². The van der Waals surface area contributed by atoms with Gasteiger partial charge < -0.3 is 21.7 Å². The molecule has 2 atom stereocenters.